The maximum absolute atomic E-state index is 13.3. The molecule has 31 heavy (non-hydrogen) atoms. The van der Waals surface area contributed by atoms with Gasteiger partial charge in [0.05, 0.1) is 6.54 Å². The van der Waals surface area contributed by atoms with Crippen molar-refractivity contribution in [3.05, 3.63) is 58.0 Å². The van der Waals surface area contributed by atoms with Crippen LogP contribution in [0.4, 0.5) is 4.39 Å². The van der Waals surface area contributed by atoms with Crippen LogP contribution >= 0.6 is 11.3 Å². The second kappa shape index (κ2) is 12.0. The number of thiophene rings is 1. The fraction of sp³-hybridized carbons (Fsp3) is 0.520. The number of rotatable bonds is 13. The molecule has 0 spiro atoms. The van der Waals surface area contributed by atoms with Crippen molar-refractivity contribution in [2.24, 2.45) is 0 Å². The molecule has 0 bridgehead atoms. The van der Waals surface area contributed by atoms with Crippen molar-refractivity contribution < 1.29 is 14.0 Å². The van der Waals surface area contributed by atoms with Gasteiger partial charge in [0, 0.05) is 23.9 Å². The first-order chi connectivity index (χ1) is 15.1. The average molecular weight is 445 g/mol. The number of nitrogens with zero attached hydrogens (tertiary/aromatic N) is 2. The summed E-state index contributed by atoms with van der Waals surface area (Å²) in [7, 11) is 0. The van der Waals surface area contributed by atoms with E-state index in [1.54, 1.807) is 33.3 Å². The Hall–Kier alpha value is -2.21. The SMILES string of the molecule is CCCCCCCC(=O)N(CC(=O)N(Cc1ccc(F)cc1)Cc1cccs1)C1CC1. The quantitative estimate of drug-likeness (QED) is 0.368. The number of hydrogen-bond acceptors (Lipinski definition) is 3. The third-order valence-corrected chi connectivity index (χ3v) is 6.54. The maximum Gasteiger partial charge on any atom is 0.242 e. The normalized spacial score (nSPS) is 13.2. The second-order valence-corrected chi connectivity index (χ2v) is 9.40. The Kier molecular flexibility index (Phi) is 9.07. The zero-order chi connectivity index (χ0) is 22.1. The van der Waals surface area contributed by atoms with Gasteiger partial charge < -0.3 is 9.80 Å². The van der Waals surface area contributed by atoms with E-state index in [1.807, 2.05) is 17.5 Å². The zero-order valence-electron chi connectivity index (χ0n) is 18.4. The topological polar surface area (TPSA) is 40.6 Å². The summed E-state index contributed by atoms with van der Waals surface area (Å²) in [5.41, 5.74) is 0.881. The van der Waals surface area contributed by atoms with Gasteiger partial charge in [-0.1, -0.05) is 50.8 Å². The molecule has 2 aromatic rings. The van der Waals surface area contributed by atoms with Crippen molar-refractivity contribution in [1.29, 1.82) is 0 Å². The van der Waals surface area contributed by atoms with Gasteiger partial charge in [0.1, 0.15) is 12.4 Å². The van der Waals surface area contributed by atoms with Crippen LogP contribution in [0, 0.1) is 5.82 Å². The molecule has 6 heteroatoms. The van der Waals surface area contributed by atoms with E-state index in [-0.39, 0.29) is 30.2 Å². The molecular formula is C25H33FN2O2S. The lowest BCUT2D eigenvalue weighted by atomic mass is 10.1. The van der Waals surface area contributed by atoms with Crippen LogP contribution in [0.5, 0.6) is 0 Å². The second-order valence-electron chi connectivity index (χ2n) is 8.37. The van der Waals surface area contributed by atoms with Crippen LogP contribution in [0.15, 0.2) is 41.8 Å². The molecule has 0 aliphatic heterocycles. The van der Waals surface area contributed by atoms with Crippen LogP contribution in [0.25, 0.3) is 0 Å². The minimum absolute atomic E-state index is 0.0519. The number of benzene rings is 1. The molecule has 0 radical (unpaired) electrons. The smallest absolute Gasteiger partial charge is 0.242 e. The lowest BCUT2D eigenvalue weighted by Crippen LogP contribution is -2.43. The van der Waals surface area contributed by atoms with Crippen molar-refractivity contribution in [3.8, 4) is 0 Å². The Morgan fingerprint density at radius 2 is 1.74 bits per heavy atom. The number of hydrogen-bond donors (Lipinski definition) is 0. The Morgan fingerprint density at radius 1 is 1.00 bits per heavy atom. The molecule has 1 aliphatic carbocycles. The van der Waals surface area contributed by atoms with E-state index in [1.165, 1.54) is 31.4 Å². The highest BCUT2D eigenvalue weighted by Crippen LogP contribution is 2.28. The molecule has 1 aromatic heterocycles. The molecule has 1 fully saturated rings. The molecule has 3 rings (SSSR count). The van der Waals surface area contributed by atoms with Gasteiger partial charge in [-0.15, -0.1) is 11.3 Å². The molecule has 1 aliphatic rings. The van der Waals surface area contributed by atoms with Crippen LogP contribution in [0.2, 0.25) is 0 Å². The summed E-state index contributed by atoms with van der Waals surface area (Å²) in [6.07, 6.45) is 8.01. The summed E-state index contributed by atoms with van der Waals surface area (Å²) >= 11 is 1.61. The summed E-state index contributed by atoms with van der Waals surface area (Å²) in [6, 6.07) is 10.5. The summed E-state index contributed by atoms with van der Waals surface area (Å²) in [5, 5.41) is 1.99. The third-order valence-electron chi connectivity index (χ3n) is 5.67. The molecule has 0 N–H and O–H groups in total. The monoisotopic (exact) mass is 444 g/mol. The number of carbonyl (C=O) groups is 2. The standard InChI is InChI=1S/C25H33FN2O2S/c1-2-3-4-5-6-9-24(29)28(22-14-15-22)19-25(30)27(18-23-8-7-16-31-23)17-20-10-12-21(26)13-11-20/h7-8,10-13,16,22H,2-6,9,14-15,17-19H2,1H3. The van der Waals surface area contributed by atoms with Crippen molar-refractivity contribution >= 4 is 23.2 Å². The molecule has 168 valence electrons. The van der Waals surface area contributed by atoms with Gasteiger partial charge in [0.15, 0.2) is 0 Å². The lowest BCUT2D eigenvalue weighted by Gasteiger charge is -2.28. The number of amides is 2. The first kappa shape index (κ1) is 23.5. The highest BCUT2D eigenvalue weighted by molar-refractivity contribution is 7.09. The van der Waals surface area contributed by atoms with Gasteiger partial charge >= 0.3 is 0 Å². The molecule has 0 atom stereocenters. The first-order valence-electron chi connectivity index (χ1n) is 11.4. The van der Waals surface area contributed by atoms with E-state index < -0.39 is 0 Å². The Bertz CT molecular complexity index is 819. The van der Waals surface area contributed by atoms with Gasteiger partial charge in [-0.2, -0.15) is 0 Å². The molecule has 4 nitrogen and oxygen atoms in total. The average Bonchev–Trinajstić information content (AvgIpc) is 3.48. The van der Waals surface area contributed by atoms with Gasteiger partial charge in [0.2, 0.25) is 11.8 Å². The summed E-state index contributed by atoms with van der Waals surface area (Å²) in [6.45, 7) is 3.21. The first-order valence-corrected chi connectivity index (χ1v) is 12.3. The molecule has 1 saturated carbocycles. The van der Waals surface area contributed by atoms with Crippen LogP contribution in [0.1, 0.15) is 68.7 Å². The molecule has 1 aromatic carbocycles. The fourth-order valence-electron chi connectivity index (χ4n) is 3.71. The summed E-state index contributed by atoms with van der Waals surface area (Å²) < 4.78 is 13.3. The molecule has 0 unspecified atom stereocenters. The molecule has 0 saturated heterocycles. The number of unbranched alkanes of at least 4 members (excludes halogenated alkanes) is 4. The Morgan fingerprint density at radius 3 is 2.39 bits per heavy atom. The predicted octanol–water partition coefficient (Wildman–Crippen LogP) is 5.77. The number of halogens is 1. The largest absolute Gasteiger partial charge is 0.332 e. The highest BCUT2D eigenvalue weighted by atomic mass is 32.1. The van der Waals surface area contributed by atoms with Crippen LogP contribution in [-0.4, -0.2) is 34.2 Å². The van der Waals surface area contributed by atoms with E-state index in [9.17, 15) is 14.0 Å². The van der Waals surface area contributed by atoms with Gasteiger partial charge in [-0.25, -0.2) is 4.39 Å². The number of carbonyl (C=O) groups excluding carboxylic acids is 2. The summed E-state index contributed by atoms with van der Waals surface area (Å²) in [5.74, 6) is -0.238. The minimum Gasteiger partial charge on any atom is -0.332 e. The lowest BCUT2D eigenvalue weighted by molar-refractivity contribution is -0.141. The fourth-order valence-corrected chi connectivity index (χ4v) is 4.43. The van der Waals surface area contributed by atoms with Crippen molar-refractivity contribution in [2.45, 2.75) is 77.4 Å². The van der Waals surface area contributed by atoms with Crippen LogP contribution in [-0.2, 0) is 22.7 Å². The van der Waals surface area contributed by atoms with Crippen molar-refractivity contribution in [3.63, 3.8) is 0 Å². The maximum atomic E-state index is 13.3. The van der Waals surface area contributed by atoms with E-state index in [0.717, 1.165) is 36.1 Å². The van der Waals surface area contributed by atoms with E-state index in [4.69, 9.17) is 0 Å². The Balaban J connectivity index is 1.62. The zero-order valence-corrected chi connectivity index (χ0v) is 19.2. The van der Waals surface area contributed by atoms with Crippen LogP contribution in [0.3, 0.4) is 0 Å². The Labute approximate surface area is 189 Å². The van der Waals surface area contributed by atoms with Gasteiger partial charge in [-0.05, 0) is 48.4 Å². The predicted molar refractivity (Wildman–Crippen MR) is 123 cm³/mol. The van der Waals surface area contributed by atoms with E-state index in [0.29, 0.717) is 19.5 Å². The van der Waals surface area contributed by atoms with Crippen LogP contribution < -0.4 is 0 Å². The van der Waals surface area contributed by atoms with E-state index >= 15 is 0 Å². The minimum atomic E-state index is -0.288. The van der Waals surface area contributed by atoms with Gasteiger partial charge in [-0.3, -0.25) is 9.59 Å². The van der Waals surface area contributed by atoms with Gasteiger partial charge in [0.25, 0.3) is 0 Å². The summed E-state index contributed by atoms with van der Waals surface area (Å²) in [4.78, 5) is 30.8. The van der Waals surface area contributed by atoms with Crippen molar-refractivity contribution in [2.75, 3.05) is 6.54 Å². The molecule has 2 amide bonds. The molecule has 1 heterocycles. The highest BCUT2D eigenvalue weighted by Gasteiger charge is 2.34. The van der Waals surface area contributed by atoms with E-state index in [2.05, 4.69) is 6.92 Å². The molecular weight excluding hydrogens is 411 g/mol. The third kappa shape index (κ3) is 7.76. The van der Waals surface area contributed by atoms with Crippen molar-refractivity contribution in [1.82, 2.24) is 9.80 Å².